The Morgan fingerprint density at radius 3 is 2.70 bits per heavy atom. The van der Waals surface area contributed by atoms with E-state index in [9.17, 15) is 14.7 Å². The van der Waals surface area contributed by atoms with Crippen molar-refractivity contribution in [3.8, 4) is 5.75 Å². The van der Waals surface area contributed by atoms with E-state index in [2.05, 4.69) is 5.32 Å². The Labute approximate surface area is 172 Å². The molecule has 0 saturated carbocycles. The summed E-state index contributed by atoms with van der Waals surface area (Å²) in [7, 11) is 1.58. The van der Waals surface area contributed by atoms with Gasteiger partial charge in [0, 0.05) is 30.2 Å². The van der Waals surface area contributed by atoms with Gasteiger partial charge in [-0.3, -0.25) is 9.59 Å². The van der Waals surface area contributed by atoms with Crippen LogP contribution in [0.3, 0.4) is 0 Å². The summed E-state index contributed by atoms with van der Waals surface area (Å²) in [6.45, 7) is 0. The van der Waals surface area contributed by atoms with E-state index in [1.807, 2.05) is 6.07 Å². The number of nitrogens with two attached hydrogens (primary N) is 1. The number of aromatic nitrogens is 1. The molecule has 2 aromatic heterocycles. The fourth-order valence-electron chi connectivity index (χ4n) is 3.56. The molecule has 0 fully saturated rings. The summed E-state index contributed by atoms with van der Waals surface area (Å²) in [4.78, 5) is 26.0. The Hall–Kier alpha value is -4.00. The Kier molecular flexibility index (Phi) is 5.02. The van der Waals surface area contributed by atoms with Gasteiger partial charge in [-0.15, -0.1) is 0 Å². The van der Waals surface area contributed by atoms with Crippen molar-refractivity contribution >= 4 is 28.1 Å². The van der Waals surface area contributed by atoms with E-state index < -0.39 is 17.4 Å². The maximum absolute atomic E-state index is 13.2. The van der Waals surface area contributed by atoms with Crippen LogP contribution in [0.25, 0.3) is 10.9 Å². The zero-order valence-corrected chi connectivity index (χ0v) is 16.3. The zero-order valence-electron chi connectivity index (χ0n) is 16.3. The summed E-state index contributed by atoms with van der Waals surface area (Å²) in [5.41, 5.74) is 6.91. The summed E-state index contributed by atoms with van der Waals surface area (Å²) < 4.78 is 6.87. The number of hydrogen-bond donors (Lipinski definition) is 3. The van der Waals surface area contributed by atoms with E-state index in [0.29, 0.717) is 28.0 Å². The van der Waals surface area contributed by atoms with Crippen LogP contribution in [0.5, 0.6) is 5.75 Å². The summed E-state index contributed by atoms with van der Waals surface area (Å²) in [5.74, 6) is -0.264. The highest BCUT2D eigenvalue weighted by molar-refractivity contribution is 6.03. The minimum atomic E-state index is -0.551. The molecule has 0 spiro atoms. The molecule has 4 N–H and O–H groups in total. The van der Waals surface area contributed by atoms with Crippen molar-refractivity contribution < 1.29 is 14.3 Å². The standard InChI is InChI=1S/C23H21N3O4/c1-26-18-9-3-2-8-16(18)22(28)21(23(26)29)19(27)13-17(20-10-5-11-30-20)25-15-7-4-6-14(24)12-15/h2-12,17,25,28H,13,24H2,1H3/t17-/m0/s1. The summed E-state index contributed by atoms with van der Waals surface area (Å²) in [6, 6.07) is 16.9. The highest BCUT2D eigenvalue weighted by atomic mass is 16.3. The van der Waals surface area contributed by atoms with Crippen molar-refractivity contribution in [1.29, 1.82) is 0 Å². The number of ketones is 1. The van der Waals surface area contributed by atoms with Gasteiger partial charge in [-0.25, -0.2) is 0 Å². The van der Waals surface area contributed by atoms with Gasteiger partial charge in [-0.1, -0.05) is 18.2 Å². The van der Waals surface area contributed by atoms with Crippen molar-refractivity contribution in [2.45, 2.75) is 12.5 Å². The molecule has 0 radical (unpaired) electrons. The lowest BCUT2D eigenvalue weighted by Gasteiger charge is -2.18. The predicted molar refractivity (Wildman–Crippen MR) is 116 cm³/mol. The van der Waals surface area contributed by atoms with Crippen LogP contribution in [0.1, 0.15) is 28.6 Å². The molecule has 7 nitrogen and oxygen atoms in total. The second-order valence-electron chi connectivity index (χ2n) is 7.07. The van der Waals surface area contributed by atoms with Crippen molar-refractivity contribution in [3.05, 3.63) is 88.6 Å². The van der Waals surface area contributed by atoms with Crippen LogP contribution in [-0.4, -0.2) is 15.5 Å². The number of carbonyl (C=O) groups excluding carboxylic acids is 1. The number of fused-ring (bicyclic) bond motifs is 1. The highest BCUT2D eigenvalue weighted by Crippen LogP contribution is 2.30. The lowest BCUT2D eigenvalue weighted by atomic mass is 10.00. The predicted octanol–water partition coefficient (Wildman–Crippen LogP) is 3.85. The van der Waals surface area contributed by atoms with Gasteiger partial charge in [0.15, 0.2) is 5.78 Å². The first kappa shape index (κ1) is 19.3. The van der Waals surface area contributed by atoms with Crippen molar-refractivity contribution in [1.82, 2.24) is 4.57 Å². The van der Waals surface area contributed by atoms with E-state index >= 15 is 0 Å². The van der Waals surface area contributed by atoms with E-state index in [1.54, 1.807) is 61.6 Å². The number of Topliss-reactive ketones (excluding diaryl/α,β-unsaturated/α-hetero) is 1. The molecule has 1 atom stereocenters. The normalized spacial score (nSPS) is 12.0. The van der Waals surface area contributed by atoms with Crippen LogP contribution >= 0.6 is 0 Å². The molecule has 2 heterocycles. The number of anilines is 2. The molecule has 0 unspecified atom stereocenters. The average Bonchev–Trinajstić information content (AvgIpc) is 3.27. The lowest BCUT2D eigenvalue weighted by Crippen LogP contribution is -2.26. The fourth-order valence-corrected chi connectivity index (χ4v) is 3.56. The number of hydrogen-bond acceptors (Lipinski definition) is 6. The average molecular weight is 403 g/mol. The number of aryl methyl sites for hydroxylation is 1. The Morgan fingerprint density at radius 1 is 1.17 bits per heavy atom. The van der Waals surface area contributed by atoms with E-state index in [0.717, 1.165) is 0 Å². The number of nitrogens with zero attached hydrogens (tertiary/aromatic N) is 1. The van der Waals surface area contributed by atoms with Gasteiger partial charge in [-0.05, 0) is 42.5 Å². The summed E-state index contributed by atoms with van der Waals surface area (Å²) in [6.07, 6.45) is 1.42. The van der Waals surface area contributed by atoms with Gasteiger partial charge < -0.3 is 25.1 Å². The summed E-state index contributed by atoms with van der Waals surface area (Å²) >= 11 is 0. The molecular formula is C23H21N3O4. The molecule has 0 aliphatic carbocycles. The first-order valence-corrected chi connectivity index (χ1v) is 9.45. The third kappa shape index (κ3) is 3.53. The number of para-hydroxylation sites is 1. The molecule has 152 valence electrons. The van der Waals surface area contributed by atoms with Crippen LogP contribution < -0.4 is 16.6 Å². The smallest absolute Gasteiger partial charge is 0.265 e. The van der Waals surface area contributed by atoms with Crippen LogP contribution in [0.2, 0.25) is 0 Å². The second kappa shape index (κ2) is 7.79. The molecule has 0 amide bonds. The number of benzene rings is 2. The molecule has 4 rings (SSSR count). The molecule has 0 aliphatic heterocycles. The largest absolute Gasteiger partial charge is 0.506 e. The van der Waals surface area contributed by atoms with E-state index in [-0.39, 0.29) is 17.7 Å². The Balaban J connectivity index is 1.72. The van der Waals surface area contributed by atoms with Gasteiger partial charge in [0.05, 0.1) is 17.8 Å². The monoisotopic (exact) mass is 403 g/mol. The quantitative estimate of drug-likeness (QED) is 0.333. The fraction of sp³-hybridized carbons (Fsp3) is 0.130. The minimum Gasteiger partial charge on any atom is -0.506 e. The summed E-state index contributed by atoms with van der Waals surface area (Å²) in [5, 5.41) is 14.4. The molecule has 0 aliphatic rings. The number of furan rings is 1. The zero-order chi connectivity index (χ0) is 21.3. The molecule has 0 saturated heterocycles. The Bertz CT molecular complexity index is 1280. The number of aromatic hydroxyl groups is 1. The number of carbonyl (C=O) groups is 1. The van der Waals surface area contributed by atoms with Crippen molar-refractivity contribution in [2.24, 2.45) is 7.05 Å². The molecule has 30 heavy (non-hydrogen) atoms. The number of nitrogen functional groups attached to an aromatic ring is 1. The highest BCUT2D eigenvalue weighted by Gasteiger charge is 2.26. The van der Waals surface area contributed by atoms with Gasteiger partial charge in [0.1, 0.15) is 17.1 Å². The van der Waals surface area contributed by atoms with Gasteiger partial charge in [-0.2, -0.15) is 0 Å². The number of rotatable bonds is 6. The first-order chi connectivity index (χ1) is 14.5. The second-order valence-corrected chi connectivity index (χ2v) is 7.07. The molecular weight excluding hydrogens is 382 g/mol. The molecule has 0 bridgehead atoms. The van der Waals surface area contributed by atoms with E-state index in [1.165, 1.54) is 10.8 Å². The van der Waals surface area contributed by atoms with Crippen LogP contribution in [-0.2, 0) is 7.05 Å². The maximum atomic E-state index is 13.2. The number of pyridine rings is 1. The minimum absolute atomic E-state index is 0.0938. The van der Waals surface area contributed by atoms with E-state index in [4.69, 9.17) is 10.2 Å². The van der Waals surface area contributed by atoms with Crippen LogP contribution in [0, 0.1) is 0 Å². The van der Waals surface area contributed by atoms with Crippen LogP contribution in [0.4, 0.5) is 11.4 Å². The molecule has 4 aromatic rings. The van der Waals surface area contributed by atoms with Gasteiger partial charge >= 0.3 is 0 Å². The van der Waals surface area contributed by atoms with Crippen molar-refractivity contribution in [2.75, 3.05) is 11.1 Å². The molecule has 2 aromatic carbocycles. The first-order valence-electron chi connectivity index (χ1n) is 9.45. The van der Waals surface area contributed by atoms with Crippen LogP contribution in [0.15, 0.2) is 76.1 Å². The lowest BCUT2D eigenvalue weighted by molar-refractivity contribution is 0.0969. The van der Waals surface area contributed by atoms with Gasteiger partial charge in [0.25, 0.3) is 5.56 Å². The SMILES string of the molecule is Cn1c(=O)c(C(=O)C[C@H](Nc2cccc(N)c2)c2ccco2)c(O)c2ccccc21. The number of nitrogens with one attached hydrogen (secondary N) is 1. The van der Waals surface area contributed by atoms with Gasteiger partial charge in [0.2, 0.25) is 0 Å². The topological polar surface area (TPSA) is 110 Å². The maximum Gasteiger partial charge on any atom is 0.265 e. The Morgan fingerprint density at radius 2 is 1.97 bits per heavy atom. The third-order valence-electron chi connectivity index (χ3n) is 5.06. The molecule has 7 heteroatoms. The van der Waals surface area contributed by atoms with Crippen molar-refractivity contribution in [3.63, 3.8) is 0 Å². The third-order valence-corrected chi connectivity index (χ3v) is 5.06.